The summed E-state index contributed by atoms with van der Waals surface area (Å²) in [5.41, 5.74) is 2.70. The summed E-state index contributed by atoms with van der Waals surface area (Å²) in [7, 11) is 0. The van der Waals surface area contributed by atoms with Crippen LogP contribution in [-0.2, 0) is 0 Å². The number of urea groups is 1. The van der Waals surface area contributed by atoms with Crippen molar-refractivity contribution in [1.29, 1.82) is 5.26 Å². The molecule has 0 saturated carbocycles. The molecule has 0 aliphatic carbocycles. The molecule has 0 radical (unpaired) electrons. The second-order valence-corrected chi connectivity index (χ2v) is 6.98. The molecule has 30 heavy (non-hydrogen) atoms. The van der Waals surface area contributed by atoms with Crippen LogP contribution in [0.4, 0.5) is 26.4 Å². The number of pyridine rings is 2. The second-order valence-electron chi connectivity index (χ2n) is 6.98. The lowest BCUT2D eigenvalue weighted by atomic mass is 10.1. The fourth-order valence-electron chi connectivity index (χ4n) is 3.38. The highest BCUT2D eigenvalue weighted by Gasteiger charge is 2.29. The van der Waals surface area contributed by atoms with E-state index in [2.05, 4.69) is 21.7 Å². The number of carbonyl (C=O) groups excluding carboxylic acids is 1. The average Bonchev–Trinajstić information content (AvgIpc) is 2.92. The van der Waals surface area contributed by atoms with Gasteiger partial charge >= 0.3 is 6.03 Å². The van der Waals surface area contributed by atoms with Crippen LogP contribution in [0.25, 0.3) is 11.3 Å². The lowest BCUT2D eigenvalue weighted by molar-refractivity contribution is 0.255. The van der Waals surface area contributed by atoms with Gasteiger partial charge in [-0.15, -0.1) is 0 Å². The SMILES string of the molecule is C[C@@H]1CCNc2ccc(-c3cccc(C#N)c3)nc2N1C(=O)Nc1ccncc1F. The molecule has 2 N–H and O–H groups in total. The number of rotatable bonds is 2. The Hall–Kier alpha value is -3.99. The van der Waals surface area contributed by atoms with Crippen LogP contribution in [0.3, 0.4) is 0 Å². The van der Waals surface area contributed by atoms with Crippen molar-refractivity contribution < 1.29 is 9.18 Å². The summed E-state index contributed by atoms with van der Waals surface area (Å²) in [5, 5.41) is 15.1. The first-order chi connectivity index (χ1) is 14.6. The molecule has 0 fully saturated rings. The lowest BCUT2D eigenvalue weighted by Crippen LogP contribution is -2.42. The van der Waals surface area contributed by atoms with Crippen LogP contribution in [0.2, 0.25) is 0 Å². The highest BCUT2D eigenvalue weighted by molar-refractivity contribution is 6.03. The minimum Gasteiger partial charge on any atom is -0.382 e. The Morgan fingerprint density at radius 3 is 3.00 bits per heavy atom. The van der Waals surface area contributed by atoms with E-state index in [1.165, 1.54) is 17.2 Å². The quantitative estimate of drug-likeness (QED) is 0.663. The molecule has 150 valence electrons. The molecule has 3 aromatic rings. The molecule has 1 aliphatic rings. The summed E-state index contributed by atoms with van der Waals surface area (Å²) < 4.78 is 14.0. The van der Waals surface area contributed by atoms with Crippen molar-refractivity contribution in [2.24, 2.45) is 0 Å². The molecule has 0 spiro atoms. The molecular formula is C22H19FN6O. The molecule has 3 heterocycles. The van der Waals surface area contributed by atoms with Gasteiger partial charge in [-0.3, -0.25) is 9.88 Å². The Morgan fingerprint density at radius 2 is 2.20 bits per heavy atom. The van der Waals surface area contributed by atoms with Crippen molar-refractivity contribution in [3.05, 3.63) is 66.2 Å². The molecule has 0 bridgehead atoms. The number of amides is 2. The molecule has 1 aromatic carbocycles. The van der Waals surface area contributed by atoms with E-state index >= 15 is 0 Å². The number of anilines is 3. The van der Waals surface area contributed by atoms with Gasteiger partial charge in [-0.2, -0.15) is 5.26 Å². The largest absolute Gasteiger partial charge is 0.382 e. The molecule has 8 heteroatoms. The number of hydrogen-bond donors (Lipinski definition) is 2. The Balaban J connectivity index is 1.74. The number of fused-ring (bicyclic) bond motifs is 1. The number of carbonyl (C=O) groups is 1. The smallest absolute Gasteiger partial charge is 0.327 e. The third kappa shape index (κ3) is 3.78. The molecule has 1 atom stereocenters. The van der Waals surface area contributed by atoms with Crippen LogP contribution in [-0.4, -0.2) is 28.6 Å². The van der Waals surface area contributed by atoms with Gasteiger partial charge in [-0.1, -0.05) is 12.1 Å². The summed E-state index contributed by atoms with van der Waals surface area (Å²) in [6, 6.07) is 13.7. The van der Waals surface area contributed by atoms with Gasteiger partial charge in [0, 0.05) is 24.3 Å². The molecular weight excluding hydrogens is 383 g/mol. The fraction of sp³-hybridized carbons (Fsp3) is 0.182. The van der Waals surface area contributed by atoms with Gasteiger partial charge in [0.05, 0.1) is 34.9 Å². The standard InChI is InChI=1S/C22H19FN6O/c1-14-7-10-26-20-6-5-18(16-4-2-3-15(11-16)12-24)27-21(20)29(14)22(30)28-19-8-9-25-13-17(19)23/h2-6,8-9,11,13-14,26H,7,10H2,1H3,(H,25,28,30)/t14-/m1/s1. The molecule has 2 amide bonds. The monoisotopic (exact) mass is 402 g/mol. The summed E-state index contributed by atoms with van der Waals surface area (Å²) >= 11 is 0. The Bertz CT molecular complexity index is 1140. The average molecular weight is 402 g/mol. The predicted octanol–water partition coefficient (Wildman–Crippen LogP) is 4.40. The highest BCUT2D eigenvalue weighted by atomic mass is 19.1. The van der Waals surface area contributed by atoms with Crippen molar-refractivity contribution in [2.75, 3.05) is 22.1 Å². The lowest BCUT2D eigenvalue weighted by Gasteiger charge is -2.27. The summed E-state index contributed by atoms with van der Waals surface area (Å²) in [6.07, 6.45) is 3.16. The predicted molar refractivity (Wildman–Crippen MR) is 113 cm³/mol. The number of aromatic nitrogens is 2. The van der Waals surface area contributed by atoms with Crippen LogP contribution in [0.1, 0.15) is 18.9 Å². The van der Waals surface area contributed by atoms with Crippen molar-refractivity contribution in [2.45, 2.75) is 19.4 Å². The van der Waals surface area contributed by atoms with E-state index in [0.717, 1.165) is 11.8 Å². The van der Waals surface area contributed by atoms with E-state index in [0.29, 0.717) is 35.7 Å². The number of nitrogens with zero attached hydrogens (tertiary/aromatic N) is 4. The van der Waals surface area contributed by atoms with Gasteiger partial charge in [0.1, 0.15) is 0 Å². The van der Waals surface area contributed by atoms with Crippen LogP contribution in [0.5, 0.6) is 0 Å². The van der Waals surface area contributed by atoms with Crippen LogP contribution < -0.4 is 15.5 Å². The number of halogens is 1. The molecule has 4 rings (SSSR count). The Morgan fingerprint density at radius 1 is 1.33 bits per heavy atom. The first-order valence-electron chi connectivity index (χ1n) is 9.52. The first kappa shape index (κ1) is 19.3. The van der Waals surface area contributed by atoms with Crippen LogP contribution in [0, 0.1) is 17.1 Å². The van der Waals surface area contributed by atoms with E-state index in [1.807, 2.05) is 25.1 Å². The summed E-state index contributed by atoms with van der Waals surface area (Å²) in [4.78, 5) is 23.1. The minimum absolute atomic E-state index is 0.0545. The van der Waals surface area contributed by atoms with Gasteiger partial charge in [-0.25, -0.2) is 14.2 Å². The number of hydrogen-bond acceptors (Lipinski definition) is 5. The van der Waals surface area contributed by atoms with Gasteiger partial charge in [0.25, 0.3) is 0 Å². The van der Waals surface area contributed by atoms with Gasteiger partial charge in [0.2, 0.25) is 0 Å². The zero-order valence-electron chi connectivity index (χ0n) is 16.3. The zero-order valence-corrected chi connectivity index (χ0v) is 16.3. The maximum absolute atomic E-state index is 14.0. The topological polar surface area (TPSA) is 93.9 Å². The Labute approximate surface area is 173 Å². The third-order valence-electron chi connectivity index (χ3n) is 4.94. The summed E-state index contributed by atoms with van der Waals surface area (Å²) in [5.74, 6) is -0.159. The maximum atomic E-state index is 14.0. The second kappa shape index (κ2) is 8.17. The van der Waals surface area contributed by atoms with Gasteiger partial charge in [-0.05, 0) is 43.7 Å². The van der Waals surface area contributed by atoms with Gasteiger partial charge < -0.3 is 10.6 Å². The summed E-state index contributed by atoms with van der Waals surface area (Å²) in [6.45, 7) is 2.59. The third-order valence-corrected chi connectivity index (χ3v) is 4.94. The number of nitriles is 1. The van der Waals surface area contributed by atoms with Crippen LogP contribution in [0.15, 0.2) is 54.9 Å². The molecule has 0 saturated heterocycles. The van der Waals surface area contributed by atoms with Crippen molar-refractivity contribution in [3.63, 3.8) is 0 Å². The normalized spacial score (nSPS) is 15.4. The minimum atomic E-state index is -0.610. The fourth-order valence-corrected chi connectivity index (χ4v) is 3.38. The van der Waals surface area contributed by atoms with E-state index < -0.39 is 11.8 Å². The van der Waals surface area contributed by atoms with E-state index in [1.54, 1.807) is 18.2 Å². The molecule has 0 unspecified atom stereocenters. The van der Waals surface area contributed by atoms with Gasteiger partial charge in [0.15, 0.2) is 11.6 Å². The Kier molecular flexibility index (Phi) is 5.26. The van der Waals surface area contributed by atoms with Crippen molar-refractivity contribution >= 4 is 23.2 Å². The van der Waals surface area contributed by atoms with Crippen molar-refractivity contribution in [1.82, 2.24) is 9.97 Å². The zero-order chi connectivity index (χ0) is 21.1. The number of benzene rings is 1. The maximum Gasteiger partial charge on any atom is 0.327 e. The molecule has 7 nitrogen and oxygen atoms in total. The molecule has 2 aromatic heterocycles. The van der Waals surface area contributed by atoms with E-state index in [9.17, 15) is 14.4 Å². The van der Waals surface area contributed by atoms with Crippen LogP contribution >= 0.6 is 0 Å². The molecule has 1 aliphatic heterocycles. The number of nitrogens with one attached hydrogen (secondary N) is 2. The van der Waals surface area contributed by atoms with Crippen molar-refractivity contribution in [3.8, 4) is 17.3 Å². The van der Waals surface area contributed by atoms with E-state index in [4.69, 9.17) is 4.98 Å². The van der Waals surface area contributed by atoms with E-state index in [-0.39, 0.29) is 11.7 Å². The highest BCUT2D eigenvalue weighted by Crippen LogP contribution is 2.33. The first-order valence-corrected chi connectivity index (χ1v) is 9.52.